The van der Waals surface area contributed by atoms with Crippen molar-refractivity contribution in [2.45, 2.75) is 90.0 Å². The highest BCUT2D eigenvalue weighted by atomic mass is 16.4. The van der Waals surface area contributed by atoms with Crippen LogP contribution in [-0.4, -0.2) is 35.5 Å². The number of nitrogens with zero attached hydrogens (tertiary/aromatic N) is 1. The first-order valence-electron chi connectivity index (χ1n) is 12.3. The molecule has 0 bridgehead atoms. The average molecular weight is 443 g/mol. The molecule has 2 N–H and O–H groups in total. The van der Waals surface area contributed by atoms with Crippen LogP contribution < -0.4 is 10.2 Å². The van der Waals surface area contributed by atoms with Crippen LogP contribution in [0.25, 0.3) is 0 Å². The molecule has 6 nitrogen and oxygen atoms in total. The monoisotopic (exact) mass is 442 g/mol. The molecule has 32 heavy (non-hydrogen) atoms. The first-order valence-corrected chi connectivity index (χ1v) is 12.3. The van der Waals surface area contributed by atoms with Gasteiger partial charge in [0.25, 0.3) is 0 Å². The molecule has 1 saturated carbocycles. The van der Waals surface area contributed by atoms with Gasteiger partial charge in [-0.05, 0) is 43.4 Å². The van der Waals surface area contributed by atoms with Gasteiger partial charge in [0, 0.05) is 30.6 Å². The van der Waals surface area contributed by atoms with Gasteiger partial charge in [0.15, 0.2) is 0 Å². The van der Waals surface area contributed by atoms with E-state index in [2.05, 4.69) is 19.2 Å². The van der Waals surface area contributed by atoms with Crippen molar-refractivity contribution in [3.8, 4) is 0 Å². The number of anilines is 1. The molecule has 2 fully saturated rings. The molecule has 0 spiro atoms. The zero-order chi connectivity index (χ0) is 23.1. The van der Waals surface area contributed by atoms with Gasteiger partial charge in [0.2, 0.25) is 11.8 Å². The van der Waals surface area contributed by atoms with Crippen molar-refractivity contribution in [2.75, 3.05) is 11.4 Å². The Bertz CT molecular complexity index is 792. The zero-order valence-corrected chi connectivity index (χ0v) is 19.5. The first kappa shape index (κ1) is 24.3. The summed E-state index contributed by atoms with van der Waals surface area (Å²) in [5.74, 6) is -1.30. The van der Waals surface area contributed by atoms with Crippen molar-refractivity contribution >= 4 is 23.5 Å². The van der Waals surface area contributed by atoms with Gasteiger partial charge in [-0.25, -0.2) is 0 Å². The Labute approximate surface area is 191 Å². The average Bonchev–Trinajstić information content (AvgIpc) is 3.48. The topological polar surface area (TPSA) is 86.7 Å². The highest BCUT2D eigenvalue weighted by Gasteiger charge is 2.44. The maximum Gasteiger partial charge on any atom is 0.308 e. The van der Waals surface area contributed by atoms with Crippen LogP contribution in [0.5, 0.6) is 0 Å². The SMILES string of the molecule is CCCCCCCCCC(C)NC(=O)C1CC1c1ccc(N2CC(C(=O)O)CC2=O)cc1. The van der Waals surface area contributed by atoms with Crippen LogP contribution in [0.1, 0.15) is 89.5 Å². The molecule has 4 atom stereocenters. The van der Waals surface area contributed by atoms with Crippen LogP contribution in [0.15, 0.2) is 24.3 Å². The van der Waals surface area contributed by atoms with Crippen LogP contribution in [-0.2, 0) is 14.4 Å². The van der Waals surface area contributed by atoms with E-state index in [4.69, 9.17) is 5.11 Å². The van der Waals surface area contributed by atoms with E-state index in [1.807, 2.05) is 24.3 Å². The molecule has 1 aliphatic heterocycles. The largest absolute Gasteiger partial charge is 0.481 e. The quantitative estimate of drug-likeness (QED) is 0.427. The number of carbonyl (C=O) groups excluding carboxylic acids is 2. The second-order valence-corrected chi connectivity index (χ2v) is 9.60. The van der Waals surface area contributed by atoms with Gasteiger partial charge in [0.05, 0.1) is 5.92 Å². The molecule has 1 aliphatic carbocycles. The fraction of sp³-hybridized carbons (Fsp3) is 0.654. The van der Waals surface area contributed by atoms with Crippen LogP contribution in [0.2, 0.25) is 0 Å². The number of aliphatic carboxylic acids is 1. The van der Waals surface area contributed by atoms with Gasteiger partial charge < -0.3 is 15.3 Å². The number of hydrogen-bond acceptors (Lipinski definition) is 3. The highest BCUT2D eigenvalue weighted by molar-refractivity contribution is 5.99. The van der Waals surface area contributed by atoms with E-state index in [-0.39, 0.29) is 42.7 Å². The Morgan fingerprint density at radius 2 is 1.75 bits per heavy atom. The van der Waals surface area contributed by atoms with Crippen molar-refractivity contribution < 1.29 is 19.5 Å². The Kier molecular flexibility index (Phi) is 8.71. The number of carbonyl (C=O) groups is 3. The molecular weight excluding hydrogens is 404 g/mol. The number of rotatable bonds is 13. The number of carboxylic acid groups (broad SMARTS) is 1. The van der Waals surface area contributed by atoms with E-state index < -0.39 is 11.9 Å². The van der Waals surface area contributed by atoms with Crippen molar-refractivity contribution in [1.82, 2.24) is 5.32 Å². The standard InChI is InChI=1S/C26H38N2O4/c1-3-4-5-6-7-8-9-10-18(2)27-25(30)23-16-22(23)19-11-13-21(14-12-19)28-17-20(26(31)32)15-24(28)29/h11-14,18,20,22-23H,3-10,15-17H2,1-2H3,(H,27,30)(H,31,32). The van der Waals surface area contributed by atoms with Gasteiger partial charge in [-0.15, -0.1) is 0 Å². The second kappa shape index (κ2) is 11.5. The third kappa shape index (κ3) is 6.57. The maximum atomic E-state index is 12.6. The summed E-state index contributed by atoms with van der Waals surface area (Å²) in [4.78, 5) is 37.4. The van der Waals surface area contributed by atoms with Crippen molar-refractivity contribution in [3.05, 3.63) is 29.8 Å². The first-order chi connectivity index (χ1) is 15.4. The van der Waals surface area contributed by atoms with E-state index in [9.17, 15) is 14.4 Å². The lowest BCUT2D eigenvalue weighted by molar-refractivity contribution is -0.141. The predicted molar refractivity (Wildman–Crippen MR) is 126 cm³/mol. The summed E-state index contributed by atoms with van der Waals surface area (Å²) < 4.78 is 0. The minimum atomic E-state index is -0.925. The fourth-order valence-electron chi connectivity index (χ4n) is 4.71. The number of carboxylic acids is 1. The number of unbranched alkanes of at least 4 members (excludes halogenated alkanes) is 6. The molecule has 1 saturated heterocycles. The van der Waals surface area contributed by atoms with Crippen LogP contribution in [0.3, 0.4) is 0 Å². The van der Waals surface area contributed by atoms with E-state index in [0.717, 1.165) is 24.1 Å². The number of amides is 2. The van der Waals surface area contributed by atoms with Crippen molar-refractivity contribution in [1.29, 1.82) is 0 Å². The number of nitrogens with one attached hydrogen (secondary N) is 1. The highest BCUT2D eigenvalue weighted by Crippen LogP contribution is 2.48. The smallest absolute Gasteiger partial charge is 0.308 e. The summed E-state index contributed by atoms with van der Waals surface area (Å²) in [6.07, 6.45) is 10.9. The molecule has 1 aromatic carbocycles. The summed E-state index contributed by atoms with van der Waals surface area (Å²) in [6, 6.07) is 7.89. The lowest BCUT2D eigenvalue weighted by Gasteiger charge is -2.16. The lowest BCUT2D eigenvalue weighted by atomic mass is 10.1. The minimum Gasteiger partial charge on any atom is -0.481 e. The Hall–Kier alpha value is -2.37. The van der Waals surface area contributed by atoms with E-state index in [1.165, 1.54) is 44.9 Å². The van der Waals surface area contributed by atoms with Crippen molar-refractivity contribution in [2.24, 2.45) is 11.8 Å². The summed E-state index contributed by atoms with van der Waals surface area (Å²) in [5, 5.41) is 12.3. The molecule has 1 heterocycles. The summed E-state index contributed by atoms with van der Waals surface area (Å²) in [6.45, 7) is 4.55. The third-order valence-corrected chi connectivity index (χ3v) is 6.86. The third-order valence-electron chi connectivity index (χ3n) is 6.86. The van der Waals surface area contributed by atoms with Crippen molar-refractivity contribution in [3.63, 3.8) is 0 Å². The van der Waals surface area contributed by atoms with Crippen LogP contribution in [0.4, 0.5) is 5.69 Å². The summed E-state index contributed by atoms with van der Waals surface area (Å²) >= 11 is 0. The summed E-state index contributed by atoms with van der Waals surface area (Å²) in [7, 11) is 0. The van der Waals surface area contributed by atoms with Gasteiger partial charge in [-0.1, -0.05) is 64.0 Å². The molecule has 0 radical (unpaired) electrons. The zero-order valence-electron chi connectivity index (χ0n) is 19.5. The van der Waals surface area contributed by atoms with Crippen LogP contribution >= 0.6 is 0 Å². The van der Waals surface area contributed by atoms with Crippen LogP contribution in [0, 0.1) is 11.8 Å². The minimum absolute atomic E-state index is 0.0298. The number of benzene rings is 1. The molecule has 1 aromatic rings. The van der Waals surface area contributed by atoms with E-state index in [0.29, 0.717) is 0 Å². The van der Waals surface area contributed by atoms with Gasteiger partial charge in [-0.3, -0.25) is 14.4 Å². The Morgan fingerprint density at radius 1 is 1.09 bits per heavy atom. The molecule has 4 unspecified atom stereocenters. The van der Waals surface area contributed by atoms with E-state index in [1.54, 1.807) is 4.90 Å². The maximum absolute atomic E-state index is 12.6. The van der Waals surface area contributed by atoms with Gasteiger partial charge >= 0.3 is 5.97 Å². The Morgan fingerprint density at radius 3 is 2.38 bits per heavy atom. The number of hydrogen-bond donors (Lipinski definition) is 2. The molecule has 176 valence electrons. The molecule has 2 aliphatic rings. The molecule has 3 rings (SSSR count). The summed E-state index contributed by atoms with van der Waals surface area (Å²) in [5.41, 5.74) is 1.84. The fourth-order valence-corrected chi connectivity index (χ4v) is 4.71. The molecular formula is C26H38N2O4. The Balaban J connectivity index is 1.39. The molecule has 0 aromatic heterocycles. The normalized spacial score (nSPS) is 23.2. The second-order valence-electron chi connectivity index (χ2n) is 9.60. The molecule has 2 amide bonds. The van der Waals surface area contributed by atoms with Gasteiger partial charge in [0.1, 0.15) is 0 Å². The van der Waals surface area contributed by atoms with Gasteiger partial charge in [-0.2, -0.15) is 0 Å². The molecule has 6 heteroatoms. The lowest BCUT2D eigenvalue weighted by Crippen LogP contribution is -2.33. The van der Waals surface area contributed by atoms with E-state index >= 15 is 0 Å². The predicted octanol–water partition coefficient (Wildman–Crippen LogP) is 4.87.